The van der Waals surface area contributed by atoms with Crippen molar-refractivity contribution in [2.24, 2.45) is 4.99 Å². The molecule has 29 heavy (non-hydrogen) atoms. The molecule has 156 valence electrons. The lowest BCUT2D eigenvalue weighted by molar-refractivity contribution is -0.0390. The van der Waals surface area contributed by atoms with Gasteiger partial charge in [-0.1, -0.05) is 54.1 Å². The molecule has 0 bridgehead atoms. The summed E-state index contributed by atoms with van der Waals surface area (Å²) in [6.45, 7) is 8.71. The second kappa shape index (κ2) is 11.6. The van der Waals surface area contributed by atoms with E-state index in [0.717, 1.165) is 45.1 Å². The zero-order valence-corrected chi connectivity index (χ0v) is 17.6. The molecule has 3 rings (SSSR count). The second-order valence-corrected chi connectivity index (χ2v) is 7.47. The first-order valence-electron chi connectivity index (χ1n) is 10.6. The predicted octanol–water partition coefficient (Wildman–Crippen LogP) is 3.95. The number of hydrogen-bond donors (Lipinski definition) is 2. The van der Waals surface area contributed by atoms with Gasteiger partial charge < -0.3 is 20.1 Å². The molecule has 0 aliphatic carbocycles. The summed E-state index contributed by atoms with van der Waals surface area (Å²) in [5.74, 6) is 0.833. The van der Waals surface area contributed by atoms with Gasteiger partial charge in [0.1, 0.15) is 0 Å². The van der Waals surface area contributed by atoms with E-state index in [1.165, 1.54) is 22.3 Å². The number of benzene rings is 2. The van der Waals surface area contributed by atoms with Gasteiger partial charge in [0, 0.05) is 26.3 Å². The van der Waals surface area contributed by atoms with Crippen molar-refractivity contribution in [2.45, 2.75) is 52.5 Å². The van der Waals surface area contributed by atoms with Crippen LogP contribution in [0.5, 0.6) is 0 Å². The molecule has 1 saturated heterocycles. The average molecular weight is 396 g/mol. The Kier molecular flexibility index (Phi) is 8.53. The number of aliphatic imine (C=N–C) groups is 1. The molecular weight excluding hydrogens is 362 g/mol. The van der Waals surface area contributed by atoms with Gasteiger partial charge in [-0.15, -0.1) is 0 Å². The van der Waals surface area contributed by atoms with E-state index in [2.05, 4.69) is 73.0 Å². The molecule has 0 spiro atoms. The molecule has 0 unspecified atom stereocenters. The van der Waals surface area contributed by atoms with Gasteiger partial charge in [-0.25, -0.2) is 4.99 Å². The zero-order valence-electron chi connectivity index (χ0n) is 17.6. The van der Waals surface area contributed by atoms with Gasteiger partial charge in [-0.3, -0.25) is 0 Å². The molecule has 0 atom stereocenters. The predicted molar refractivity (Wildman–Crippen MR) is 118 cm³/mol. The summed E-state index contributed by atoms with van der Waals surface area (Å²) >= 11 is 0. The van der Waals surface area contributed by atoms with Crippen LogP contribution in [0.4, 0.5) is 0 Å². The standard InChI is InChI=1S/C24H33N3O2/c1-3-25-24(26-16-20-6-4-19(2)5-7-20)27-17-21-8-10-22(11-9-21)18-29-23-12-14-28-15-13-23/h4-11,23H,3,12-18H2,1-2H3,(H2,25,26,27). The summed E-state index contributed by atoms with van der Waals surface area (Å²) in [5, 5.41) is 6.71. The maximum Gasteiger partial charge on any atom is 0.191 e. The molecule has 2 N–H and O–H groups in total. The number of ether oxygens (including phenoxy) is 2. The fourth-order valence-corrected chi connectivity index (χ4v) is 3.20. The molecule has 5 heteroatoms. The summed E-state index contributed by atoms with van der Waals surface area (Å²) in [5.41, 5.74) is 4.91. The highest BCUT2D eigenvalue weighted by Gasteiger charge is 2.13. The number of hydrogen-bond acceptors (Lipinski definition) is 3. The minimum Gasteiger partial charge on any atom is -0.381 e. The summed E-state index contributed by atoms with van der Waals surface area (Å²) in [7, 11) is 0. The van der Waals surface area contributed by atoms with Crippen molar-refractivity contribution >= 4 is 5.96 Å². The molecular formula is C24H33N3O2. The van der Waals surface area contributed by atoms with Crippen LogP contribution in [0.2, 0.25) is 0 Å². The smallest absolute Gasteiger partial charge is 0.191 e. The van der Waals surface area contributed by atoms with E-state index >= 15 is 0 Å². The van der Waals surface area contributed by atoms with Crippen molar-refractivity contribution in [1.82, 2.24) is 10.6 Å². The Bertz CT molecular complexity index is 751. The van der Waals surface area contributed by atoms with Crippen LogP contribution in [0.3, 0.4) is 0 Å². The zero-order chi connectivity index (χ0) is 20.3. The van der Waals surface area contributed by atoms with Crippen LogP contribution in [0.1, 0.15) is 42.0 Å². The third kappa shape index (κ3) is 7.52. The largest absolute Gasteiger partial charge is 0.381 e. The lowest BCUT2D eigenvalue weighted by Gasteiger charge is -2.22. The Morgan fingerprint density at radius 1 is 0.966 bits per heavy atom. The van der Waals surface area contributed by atoms with Crippen LogP contribution < -0.4 is 10.6 Å². The number of nitrogens with zero attached hydrogens (tertiary/aromatic N) is 1. The third-order valence-corrected chi connectivity index (χ3v) is 5.02. The fraction of sp³-hybridized carbons (Fsp3) is 0.458. The van der Waals surface area contributed by atoms with E-state index in [4.69, 9.17) is 14.5 Å². The highest BCUT2D eigenvalue weighted by molar-refractivity contribution is 5.79. The first kappa shape index (κ1) is 21.3. The lowest BCUT2D eigenvalue weighted by Crippen LogP contribution is -2.36. The molecule has 0 saturated carbocycles. The van der Waals surface area contributed by atoms with Crippen LogP contribution in [0, 0.1) is 6.92 Å². The Balaban J connectivity index is 1.48. The van der Waals surface area contributed by atoms with Gasteiger partial charge in [0.15, 0.2) is 5.96 Å². The van der Waals surface area contributed by atoms with Gasteiger partial charge in [0.05, 0.1) is 19.3 Å². The van der Waals surface area contributed by atoms with Crippen LogP contribution in [0.15, 0.2) is 53.5 Å². The van der Waals surface area contributed by atoms with Gasteiger partial charge >= 0.3 is 0 Å². The maximum atomic E-state index is 5.99. The van der Waals surface area contributed by atoms with Crippen LogP contribution in [0.25, 0.3) is 0 Å². The molecule has 1 fully saturated rings. The van der Waals surface area contributed by atoms with Gasteiger partial charge in [-0.05, 0) is 43.4 Å². The van der Waals surface area contributed by atoms with Crippen molar-refractivity contribution in [3.05, 3.63) is 70.8 Å². The van der Waals surface area contributed by atoms with Crippen molar-refractivity contribution in [3.8, 4) is 0 Å². The highest BCUT2D eigenvalue weighted by atomic mass is 16.5. The lowest BCUT2D eigenvalue weighted by atomic mass is 10.1. The minimum absolute atomic E-state index is 0.329. The van der Waals surface area contributed by atoms with Crippen molar-refractivity contribution in [2.75, 3.05) is 19.8 Å². The first-order valence-corrected chi connectivity index (χ1v) is 10.6. The van der Waals surface area contributed by atoms with Crippen molar-refractivity contribution in [3.63, 3.8) is 0 Å². The summed E-state index contributed by atoms with van der Waals surface area (Å²) < 4.78 is 11.4. The third-order valence-electron chi connectivity index (χ3n) is 5.02. The molecule has 0 radical (unpaired) electrons. The topological polar surface area (TPSA) is 54.9 Å². The fourth-order valence-electron chi connectivity index (χ4n) is 3.20. The Morgan fingerprint density at radius 3 is 2.31 bits per heavy atom. The molecule has 2 aromatic carbocycles. The normalized spacial score (nSPS) is 15.3. The summed E-state index contributed by atoms with van der Waals surface area (Å²) in [4.78, 5) is 4.71. The Morgan fingerprint density at radius 2 is 1.62 bits per heavy atom. The van der Waals surface area contributed by atoms with Crippen molar-refractivity contribution < 1.29 is 9.47 Å². The number of nitrogens with one attached hydrogen (secondary N) is 2. The Hall–Kier alpha value is -2.37. The summed E-state index contributed by atoms with van der Waals surface area (Å²) in [6.07, 6.45) is 2.32. The van der Waals surface area contributed by atoms with Gasteiger partial charge in [0.25, 0.3) is 0 Å². The van der Waals surface area contributed by atoms with Gasteiger partial charge in [0.2, 0.25) is 0 Å². The van der Waals surface area contributed by atoms with Gasteiger partial charge in [-0.2, -0.15) is 0 Å². The van der Waals surface area contributed by atoms with E-state index in [1.807, 2.05) is 0 Å². The van der Waals surface area contributed by atoms with E-state index in [-0.39, 0.29) is 0 Å². The molecule has 1 heterocycles. The SMILES string of the molecule is CCNC(=NCc1ccc(COC2CCOCC2)cc1)NCc1ccc(C)cc1. The van der Waals surface area contributed by atoms with E-state index < -0.39 is 0 Å². The first-order chi connectivity index (χ1) is 14.2. The molecule has 0 amide bonds. The monoisotopic (exact) mass is 395 g/mol. The maximum absolute atomic E-state index is 5.99. The second-order valence-electron chi connectivity index (χ2n) is 7.47. The van der Waals surface area contributed by atoms with E-state index in [0.29, 0.717) is 19.3 Å². The average Bonchev–Trinajstić information content (AvgIpc) is 2.77. The van der Waals surface area contributed by atoms with Crippen LogP contribution >= 0.6 is 0 Å². The highest BCUT2D eigenvalue weighted by Crippen LogP contribution is 2.14. The molecule has 0 aromatic heterocycles. The van der Waals surface area contributed by atoms with Crippen LogP contribution in [-0.4, -0.2) is 31.8 Å². The number of guanidine groups is 1. The minimum atomic E-state index is 0.329. The van der Waals surface area contributed by atoms with E-state index in [1.54, 1.807) is 0 Å². The quantitative estimate of drug-likeness (QED) is 0.525. The molecule has 1 aliphatic heterocycles. The number of aryl methyl sites for hydroxylation is 1. The molecule has 5 nitrogen and oxygen atoms in total. The van der Waals surface area contributed by atoms with Crippen LogP contribution in [-0.2, 0) is 29.2 Å². The van der Waals surface area contributed by atoms with E-state index in [9.17, 15) is 0 Å². The molecule has 2 aromatic rings. The number of rotatable bonds is 8. The Labute approximate surface area is 174 Å². The molecule has 1 aliphatic rings. The summed E-state index contributed by atoms with van der Waals surface area (Å²) in [6, 6.07) is 17.1. The van der Waals surface area contributed by atoms with Crippen molar-refractivity contribution in [1.29, 1.82) is 0 Å².